The van der Waals surface area contributed by atoms with Gasteiger partial charge in [0.1, 0.15) is 0 Å². The number of nitrogens with one attached hydrogen (secondary N) is 1. The van der Waals surface area contributed by atoms with Gasteiger partial charge in [-0.25, -0.2) is 9.97 Å². The first kappa shape index (κ1) is 14.9. The van der Waals surface area contributed by atoms with Crippen LogP contribution in [-0.4, -0.2) is 45.2 Å². The number of methoxy groups -OCH3 is 1. The van der Waals surface area contributed by atoms with Gasteiger partial charge in [-0.05, 0) is 13.3 Å². The van der Waals surface area contributed by atoms with Crippen LogP contribution >= 0.6 is 0 Å². The molecule has 0 bridgehead atoms. The lowest BCUT2D eigenvalue weighted by Crippen LogP contribution is -2.09. The lowest BCUT2D eigenvalue weighted by molar-refractivity contribution is 0.312. The maximum absolute atomic E-state index is 5.37. The fourth-order valence-electron chi connectivity index (χ4n) is 1.60. The first-order valence-electron chi connectivity index (χ1n) is 6.76. The van der Waals surface area contributed by atoms with Crippen molar-refractivity contribution in [1.29, 1.82) is 0 Å². The van der Waals surface area contributed by atoms with Crippen LogP contribution in [0.3, 0.4) is 0 Å². The Bertz CT molecular complexity index is 593. The van der Waals surface area contributed by atoms with Crippen molar-refractivity contribution in [3.05, 3.63) is 12.4 Å². The molecule has 0 saturated heterocycles. The molecule has 0 saturated carbocycles. The Morgan fingerprint density at radius 1 is 1.10 bits per heavy atom. The zero-order valence-corrected chi connectivity index (χ0v) is 12.3. The largest absolute Gasteiger partial charge is 0.479 e. The fourth-order valence-corrected chi connectivity index (χ4v) is 1.60. The Labute approximate surface area is 123 Å². The molecule has 112 valence electrons. The van der Waals surface area contributed by atoms with E-state index in [-0.39, 0.29) is 6.01 Å². The number of rotatable bonds is 7. The third-order valence-electron chi connectivity index (χ3n) is 2.49. The summed E-state index contributed by atoms with van der Waals surface area (Å²) in [6.45, 7) is 5.15. The molecule has 8 heteroatoms. The van der Waals surface area contributed by atoms with Gasteiger partial charge in [0.15, 0.2) is 11.5 Å². The predicted octanol–water partition coefficient (Wildman–Crippen LogP) is 1.56. The van der Waals surface area contributed by atoms with E-state index in [9.17, 15) is 0 Å². The highest BCUT2D eigenvalue weighted by molar-refractivity contribution is 5.57. The zero-order valence-electron chi connectivity index (χ0n) is 12.3. The van der Waals surface area contributed by atoms with E-state index in [4.69, 9.17) is 9.47 Å². The number of aromatic nitrogens is 5. The Balaban J connectivity index is 2.43. The maximum Gasteiger partial charge on any atom is 0.321 e. The molecule has 0 aliphatic carbocycles. The fraction of sp³-hybridized carbons (Fsp3) is 0.462. The minimum Gasteiger partial charge on any atom is -0.479 e. The second kappa shape index (κ2) is 7.32. The summed E-state index contributed by atoms with van der Waals surface area (Å²) in [5.41, 5.74) is 0.447. The standard InChI is InChI=1S/C13H18N6O2/c1-4-6-16-12-17-10(18-13(19-12)21-5-2)9-11(20-3)15-8-7-14-9/h7-8H,4-6H2,1-3H3,(H,16,17,18,19). The van der Waals surface area contributed by atoms with E-state index in [1.165, 1.54) is 7.11 Å². The molecule has 0 amide bonds. The van der Waals surface area contributed by atoms with Gasteiger partial charge in [0, 0.05) is 18.9 Å². The lowest BCUT2D eigenvalue weighted by Gasteiger charge is -2.09. The molecular weight excluding hydrogens is 272 g/mol. The van der Waals surface area contributed by atoms with Crippen LogP contribution in [0.25, 0.3) is 11.5 Å². The Morgan fingerprint density at radius 3 is 2.62 bits per heavy atom. The van der Waals surface area contributed by atoms with E-state index >= 15 is 0 Å². The average molecular weight is 290 g/mol. The van der Waals surface area contributed by atoms with E-state index in [1.54, 1.807) is 12.4 Å². The Kier molecular flexibility index (Phi) is 5.19. The van der Waals surface area contributed by atoms with Gasteiger partial charge in [0.2, 0.25) is 11.8 Å². The highest BCUT2D eigenvalue weighted by atomic mass is 16.5. The molecule has 2 rings (SSSR count). The molecule has 0 atom stereocenters. The van der Waals surface area contributed by atoms with E-state index in [0.717, 1.165) is 13.0 Å². The van der Waals surface area contributed by atoms with Crippen LogP contribution in [0.5, 0.6) is 11.9 Å². The van der Waals surface area contributed by atoms with Gasteiger partial charge >= 0.3 is 6.01 Å². The van der Waals surface area contributed by atoms with Crippen LogP contribution in [0.15, 0.2) is 12.4 Å². The van der Waals surface area contributed by atoms with Gasteiger partial charge in [-0.1, -0.05) is 6.92 Å². The number of hydrogen-bond donors (Lipinski definition) is 1. The van der Waals surface area contributed by atoms with Crippen LogP contribution in [0, 0.1) is 0 Å². The summed E-state index contributed by atoms with van der Waals surface area (Å²) in [4.78, 5) is 21.1. The number of nitrogens with zero attached hydrogens (tertiary/aromatic N) is 5. The summed E-state index contributed by atoms with van der Waals surface area (Å²) in [6, 6.07) is 0.244. The van der Waals surface area contributed by atoms with Crippen molar-refractivity contribution >= 4 is 5.95 Å². The van der Waals surface area contributed by atoms with Gasteiger partial charge in [-0.15, -0.1) is 0 Å². The topological polar surface area (TPSA) is 94.9 Å². The second-order valence-electron chi connectivity index (χ2n) is 4.04. The quantitative estimate of drug-likeness (QED) is 0.820. The second-order valence-corrected chi connectivity index (χ2v) is 4.04. The summed E-state index contributed by atoms with van der Waals surface area (Å²) >= 11 is 0. The van der Waals surface area contributed by atoms with Crippen molar-refractivity contribution in [1.82, 2.24) is 24.9 Å². The zero-order chi connectivity index (χ0) is 15.1. The lowest BCUT2D eigenvalue weighted by atomic mass is 10.4. The van der Waals surface area contributed by atoms with Crippen LogP contribution in [0.1, 0.15) is 20.3 Å². The first-order chi connectivity index (χ1) is 10.3. The SMILES string of the molecule is CCCNc1nc(OCC)nc(-c2nccnc2OC)n1. The van der Waals surface area contributed by atoms with E-state index in [0.29, 0.717) is 30.0 Å². The third-order valence-corrected chi connectivity index (χ3v) is 2.49. The molecule has 2 aromatic heterocycles. The molecule has 0 unspecified atom stereocenters. The van der Waals surface area contributed by atoms with E-state index < -0.39 is 0 Å². The highest BCUT2D eigenvalue weighted by Gasteiger charge is 2.15. The Morgan fingerprint density at radius 2 is 1.90 bits per heavy atom. The summed E-state index contributed by atoms with van der Waals surface area (Å²) < 4.78 is 10.6. The monoisotopic (exact) mass is 290 g/mol. The normalized spacial score (nSPS) is 10.2. The first-order valence-corrected chi connectivity index (χ1v) is 6.76. The molecule has 0 aliphatic rings. The molecule has 0 aliphatic heterocycles. The van der Waals surface area contributed by atoms with Crippen LogP contribution < -0.4 is 14.8 Å². The van der Waals surface area contributed by atoms with Gasteiger partial charge in [-0.3, -0.25) is 0 Å². The van der Waals surface area contributed by atoms with Crippen molar-refractivity contribution in [2.45, 2.75) is 20.3 Å². The summed E-state index contributed by atoms with van der Waals surface area (Å²) in [5.74, 6) is 1.16. The molecule has 0 radical (unpaired) electrons. The van der Waals surface area contributed by atoms with Crippen LogP contribution in [0.2, 0.25) is 0 Å². The van der Waals surface area contributed by atoms with Gasteiger partial charge < -0.3 is 14.8 Å². The molecule has 0 fully saturated rings. The van der Waals surface area contributed by atoms with E-state index in [1.807, 2.05) is 6.92 Å². The van der Waals surface area contributed by atoms with Gasteiger partial charge in [0.25, 0.3) is 0 Å². The third kappa shape index (κ3) is 3.74. The molecule has 8 nitrogen and oxygen atoms in total. The predicted molar refractivity (Wildman–Crippen MR) is 77.4 cm³/mol. The van der Waals surface area contributed by atoms with Crippen LogP contribution in [-0.2, 0) is 0 Å². The van der Waals surface area contributed by atoms with Crippen molar-refractivity contribution < 1.29 is 9.47 Å². The average Bonchev–Trinajstić information content (AvgIpc) is 2.53. The maximum atomic E-state index is 5.37. The Hall–Kier alpha value is -2.51. The highest BCUT2D eigenvalue weighted by Crippen LogP contribution is 2.23. The minimum atomic E-state index is 0.244. The van der Waals surface area contributed by atoms with Gasteiger partial charge in [-0.2, -0.15) is 15.0 Å². The van der Waals surface area contributed by atoms with Gasteiger partial charge in [0.05, 0.1) is 13.7 Å². The van der Waals surface area contributed by atoms with Crippen molar-refractivity contribution in [2.24, 2.45) is 0 Å². The molecule has 1 N–H and O–H groups in total. The number of anilines is 1. The van der Waals surface area contributed by atoms with Crippen molar-refractivity contribution in [2.75, 3.05) is 25.6 Å². The number of hydrogen-bond acceptors (Lipinski definition) is 8. The van der Waals surface area contributed by atoms with Crippen molar-refractivity contribution in [3.8, 4) is 23.4 Å². The number of ether oxygens (including phenoxy) is 2. The minimum absolute atomic E-state index is 0.244. The van der Waals surface area contributed by atoms with E-state index in [2.05, 4.69) is 37.2 Å². The summed E-state index contributed by atoms with van der Waals surface area (Å²) in [7, 11) is 1.52. The summed E-state index contributed by atoms with van der Waals surface area (Å²) in [6.07, 6.45) is 4.06. The molecule has 0 aromatic carbocycles. The van der Waals surface area contributed by atoms with Crippen LogP contribution in [0.4, 0.5) is 5.95 Å². The summed E-state index contributed by atoms with van der Waals surface area (Å²) in [5, 5.41) is 3.11. The van der Waals surface area contributed by atoms with Crippen molar-refractivity contribution in [3.63, 3.8) is 0 Å². The molecular formula is C13H18N6O2. The molecule has 21 heavy (non-hydrogen) atoms. The smallest absolute Gasteiger partial charge is 0.321 e. The molecule has 2 heterocycles. The molecule has 0 spiro atoms. The molecule has 2 aromatic rings.